The molecule has 1 unspecified atom stereocenters. The molecule has 3 nitrogen and oxygen atoms in total. The van der Waals surface area contributed by atoms with Crippen LogP contribution < -0.4 is 11.1 Å². The highest BCUT2D eigenvalue weighted by Gasteiger charge is 2.28. The molecular weight excluding hydrogens is 200 g/mol. The van der Waals surface area contributed by atoms with E-state index in [1.54, 1.807) is 0 Å². The lowest BCUT2D eigenvalue weighted by Gasteiger charge is -2.24. The molecule has 0 spiro atoms. The first-order valence-corrected chi connectivity index (χ1v) is 5.77. The quantitative estimate of drug-likeness (QED) is 0.764. The van der Waals surface area contributed by atoms with Crippen LogP contribution in [0.1, 0.15) is 24.5 Å². The molecule has 0 aromatic heterocycles. The number of nitrogens with one attached hydrogen (secondary N) is 1. The minimum Gasteiger partial charge on any atom is -0.399 e. The van der Waals surface area contributed by atoms with Crippen molar-refractivity contribution < 1.29 is 4.74 Å². The van der Waals surface area contributed by atoms with Gasteiger partial charge >= 0.3 is 0 Å². The van der Waals surface area contributed by atoms with Crippen molar-refractivity contribution >= 4 is 5.69 Å². The molecule has 1 heterocycles. The van der Waals surface area contributed by atoms with Crippen molar-refractivity contribution in [2.75, 3.05) is 18.9 Å². The molecule has 1 saturated heterocycles. The van der Waals surface area contributed by atoms with Crippen molar-refractivity contribution in [3.8, 4) is 0 Å². The Bertz CT molecular complexity index is 370. The maximum absolute atomic E-state index is 5.88. The molecule has 0 aliphatic carbocycles. The van der Waals surface area contributed by atoms with Gasteiger partial charge in [-0.25, -0.2) is 0 Å². The van der Waals surface area contributed by atoms with Crippen LogP contribution in [0.5, 0.6) is 0 Å². The van der Waals surface area contributed by atoms with Crippen molar-refractivity contribution in [1.82, 2.24) is 5.32 Å². The van der Waals surface area contributed by atoms with Crippen molar-refractivity contribution in [2.45, 2.75) is 32.4 Å². The van der Waals surface area contributed by atoms with E-state index >= 15 is 0 Å². The Morgan fingerprint density at radius 2 is 2.31 bits per heavy atom. The standard InChI is InChI=1S/C13H20N2O/c1-10-11(4-3-5-12(10)14)8-15-13(2)6-7-16-9-13/h3-5,15H,6-9,14H2,1-2H3. The number of nitrogen functional groups attached to an aromatic ring is 1. The summed E-state index contributed by atoms with van der Waals surface area (Å²) in [5.74, 6) is 0. The molecule has 1 atom stereocenters. The van der Waals surface area contributed by atoms with Gasteiger partial charge in [0.1, 0.15) is 0 Å². The predicted molar refractivity (Wildman–Crippen MR) is 66.3 cm³/mol. The van der Waals surface area contributed by atoms with Crippen LogP contribution in [0.25, 0.3) is 0 Å². The van der Waals surface area contributed by atoms with E-state index in [0.29, 0.717) is 0 Å². The summed E-state index contributed by atoms with van der Waals surface area (Å²) in [5, 5.41) is 3.56. The molecule has 88 valence electrons. The van der Waals surface area contributed by atoms with Crippen LogP contribution in [-0.2, 0) is 11.3 Å². The van der Waals surface area contributed by atoms with Gasteiger partial charge in [0.25, 0.3) is 0 Å². The number of rotatable bonds is 3. The molecule has 3 N–H and O–H groups in total. The average molecular weight is 220 g/mol. The number of ether oxygens (including phenoxy) is 1. The van der Waals surface area contributed by atoms with E-state index in [9.17, 15) is 0 Å². The highest BCUT2D eigenvalue weighted by molar-refractivity contribution is 5.49. The predicted octanol–water partition coefficient (Wildman–Crippen LogP) is 1.85. The summed E-state index contributed by atoms with van der Waals surface area (Å²) in [5.41, 5.74) is 9.32. The highest BCUT2D eigenvalue weighted by atomic mass is 16.5. The maximum Gasteiger partial charge on any atom is 0.0646 e. The van der Waals surface area contributed by atoms with Gasteiger partial charge in [0, 0.05) is 24.4 Å². The Kier molecular flexibility index (Phi) is 3.17. The van der Waals surface area contributed by atoms with Crippen LogP contribution in [-0.4, -0.2) is 18.8 Å². The van der Waals surface area contributed by atoms with E-state index in [2.05, 4.69) is 25.2 Å². The normalized spacial score (nSPS) is 24.9. The van der Waals surface area contributed by atoms with Crippen molar-refractivity contribution in [3.63, 3.8) is 0 Å². The molecule has 0 bridgehead atoms. The van der Waals surface area contributed by atoms with Crippen molar-refractivity contribution in [3.05, 3.63) is 29.3 Å². The molecule has 16 heavy (non-hydrogen) atoms. The molecule has 1 aliphatic heterocycles. The molecule has 1 aromatic rings. The summed E-state index contributed by atoms with van der Waals surface area (Å²) in [4.78, 5) is 0. The molecule has 0 amide bonds. The molecule has 3 heteroatoms. The fourth-order valence-corrected chi connectivity index (χ4v) is 2.01. The van der Waals surface area contributed by atoms with Crippen molar-refractivity contribution in [2.24, 2.45) is 0 Å². The third-order valence-electron chi connectivity index (χ3n) is 3.41. The molecule has 1 fully saturated rings. The SMILES string of the molecule is Cc1c(N)cccc1CNC1(C)CCOC1. The minimum atomic E-state index is 0.122. The van der Waals surface area contributed by atoms with Gasteiger partial charge in [-0.2, -0.15) is 0 Å². The van der Waals surface area contributed by atoms with Gasteiger partial charge in [0.2, 0.25) is 0 Å². The second-order valence-electron chi connectivity index (χ2n) is 4.85. The molecular formula is C13H20N2O. The number of hydrogen-bond donors (Lipinski definition) is 2. The first-order valence-electron chi connectivity index (χ1n) is 5.77. The number of hydrogen-bond acceptors (Lipinski definition) is 3. The van der Waals surface area contributed by atoms with Gasteiger partial charge < -0.3 is 15.8 Å². The lowest BCUT2D eigenvalue weighted by atomic mass is 10.00. The van der Waals surface area contributed by atoms with Gasteiger partial charge in [0.15, 0.2) is 0 Å². The Morgan fingerprint density at radius 3 is 3.00 bits per heavy atom. The van der Waals surface area contributed by atoms with E-state index in [1.165, 1.54) is 11.1 Å². The van der Waals surface area contributed by atoms with Gasteiger partial charge in [-0.15, -0.1) is 0 Å². The monoisotopic (exact) mass is 220 g/mol. The summed E-state index contributed by atoms with van der Waals surface area (Å²) < 4.78 is 5.42. The van der Waals surface area contributed by atoms with Crippen LogP contribution in [0.2, 0.25) is 0 Å². The Balaban J connectivity index is 2.02. The zero-order valence-electron chi connectivity index (χ0n) is 10.0. The van der Waals surface area contributed by atoms with Gasteiger partial charge in [-0.3, -0.25) is 0 Å². The lowest BCUT2D eigenvalue weighted by molar-refractivity contribution is 0.171. The van der Waals surface area contributed by atoms with E-state index < -0.39 is 0 Å². The summed E-state index contributed by atoms with van der Waals surface area (Å²) in [6.45, 7) is 6.80. The average Bonchev–Trinajstić information content (AvgIpc) is 2.68. The molecule has 0 radical (unpaired) electrons. The Labute approximate surface area is 97.0 Å². The summed E-state index contributed by atoms with van der Waals surface area (Å²) in [6, 6.07) is 6.07. The maximum atomic E-state index is 5.88. The van der Waals surface area contributed by atoms with Crippen LogP contribution >= 0.6 is 0 Å². The third kappa shape index (κ3) is 2.36. The van der Waals surface area contributed by atoms with E-state index in [1.807, 2.05) is 12.1 Å². The molecule has 1 aromatic carbocycles. The van der Waals surface area contributed by atoms with E-state index in [0.717, 1.165) is 31.9 Å². The second kappa shape index (κ2) is 4.44. The second-order valence-corrected chi connectivity index (χ2v) is 4.85. The Hall–Kier alpha value is -1.06. The van der Waals surface area contributed by atoms with Crippen LogP contribution in [0, 0.1) is 6.92 Å². The van der Waals surface area contributed by atoms with Crippen LogP contribution in [0.4, 0.5) is 5.69 Å². The van der Waals surface area contributed by atoms with Gasteiger partial charge in [-0.1, -0.05) is 12.1 Å². The first-order chi connectivity index (χ1) is 7.61. The number of anilines is 1. The smallest absolute Gasteiger partial charge is 0.0646 e. The largest absolute Gasteiger partial charge is 0.399 e. The lowest BCUT2D eigenvalue weighted by Crippen LogP contribution is -2.42. The van der Waals surface area contributed by atoms with Crippen LogP contribution in [0.3, 0.4) is 0 Å². The molecule has 0 saturated carbocycles. The first kappa shape index (κ1) is 11.4. The Morgan fingerprint density at radius 1 is 1.50 bits per heavy atom. The zero-order valence-corrected chi connectivity index (χ0v) is 10.0. The molecule has 2 rings (SSSR count). The highest BCUT2D eigenvalue weighted by Crippen LogP contribution is 2.20. The van der Waals surface area contributed by atoms with E-state index in [-0.39, 0.29) is 5.54 Å². The van der Waals surface area contributed by atoms with Gasteiger partial charge in [0.05, 0.1) is 6.61 Å². The fraction of sp³-hybridized carbons (Fsp3) is 0.538. The zero-order chi connectivity index (χ0) is 11.6. The fourth-order valence-electron chi connectivity index (χ4n) is 2.01. The van der Waals surface area contributed by atoms with Gasteiger partial charge in [-0.05, 0) is 37.5 Å². The minimum absolute atomic E-state index is 0.122. The molecule has 1 aliphatic rings. The van der Waals surface area contributed by atoms with E-state index in [4.69, 9.17) is 10.5 Å². The summed E-state index contributed by atoms with van der Waals surface area (Å²) in [7, 11) is 0. The number of benzene rings is 1. The van der Waals surface area contributed by atoms with Crippen molar-refractivity contribution in [1.29, 1.82) is 0 Å². The summed E-state index contributed by atoms with van der Waals surface area (Å²) >= 11 is 0. The third-order valence-corrected chi connectivity index (χ3v) is 3.41. The van der Waals surface area contributed by atoms with Crippen LogP contribution in [0.15, 0.2) is 18.2 Å². The topological polar surface area (TPSA) is 47.3 Å². The summed E-state index contributed by atoms with van der Waals surface area (Å²) in [6.07, 6.45) is 1.08. The number of nitrogens with two attached hydrogens (primary N) is 1.